The van der Waals surface area contributed by atoms with Crippen LogP contribution in [0.4, 0.5) is 5.13 Å². The van der Waals surface area contributed by atoms with E-state index >= 15 is 0 Å². The Morgan fingerprint density at radius 1 is 1.27 bits per heavy atom. The summed E-state index contributed by atoms with van der Waals surface area (Å²) in [6, 6.07) is 9.88. The van der Waals surface area contributed by atoms with Crippen LogP contribution in [0.2, 0.25) is 5.15 Å². The molecule has 3 aromatic rings. The molecule has 1 aromatic carbocycles. The fourth-order valence-corrected chi connectivity index (χ4v) is 4.15. The second-order valence-electron chi connectivity index (χ2n) is 4.51. The van der Waals surface area contributed by atoms with Crippen LogP contribution in [0, 0.1) is 6.92 Å². The number of anilines is 1. The molecule has 2 heterocycles. The van der Waals surface area contributed by atoms with Gasteiger partial charge in [0.25, 0.3) is 0 Å². The number of hydrogen-bond acceptors (Lipinski definition) is 6. The van der Waals surface area contributed by atoms with Gasteiger partial charge in [-0.25, -0.2) is 4.68 Å². The van der Waals surface area contributed by atoms with Crippen molar-refractivity contribution in [1.82, 2.24) is 20.0 Å². The van der Waals surface area contributed by atoms with Gasteiger partial charge in [-0.1, -0.05) is 52.9 Å². The maximum absolute atomic E-state index is 6.51. The van der Waals surface area contributed by atoms with Crippen molar-refractivity contribution >= 4 is 39.8 Å². The lowest BCUT2D eigenvalue weighted by Crippen LogP contribution is -1.95. The van der Waals surface area contributed by atoms with E-state index in [1.165, 1.54) is 11.3 Å². The summed E-state index contributed by atoms with van der Waals surface area (Å²) in [4.78, 5) is 0. The Balaban J connectivity index is 1.81. The molecule has 1 N–H and O–H groups in total. The van der Waals surface area contributed by atoms with Crippen molar-refractivity contribution in [3.8, 4) is 5.69 Å². The highest BCUT2D eigenvalue weighted by Crippen LogP contribution is 2.32. The quantitative estimate of drug-likeness (QED) is 0.703. The summed E-state index contributed by atoms with van der Waals surface area (Å²) in [5.41, 5.74) is 2.91. The largest absolute Gasteiger partial charge is 0.363 e. The van der Waals surface area contributed by atoms with Crippen LogP contribution in [0.25, 0.3) is 5.69 Å². The Morgan fingerprint density at radius 3 is 2.73 bits per heavy atom. The number of halogens is 1. The maximum Gasteiger partial charge on any atom is 0.206 e. The van der Waals surface area contributed by atoms with Gasteiger partial charge in [0.05, 0.1) is 11.4 Å². The highest BCUT2D eigenvalue weighted by molar-refractivity contribution is 8.00. The number of rotatable bonds is 5. The molecule has 0 aliphatic rings. The molecule has 0 amide bonds. The summed E-state index contributed by atoms with van der Waals surface area (Å²) in [5, 5.41) is 17.1. The number of para-hydroxylation sites is 1. The van der Waals surface area contributed by atoms with Crippen LogP contribution in [0.1, 0.15) is 11.3 Å². The molecule has 0 fully saturated rings. The minimum Gasteiger partial charge on any atom is -0.363 e. The van der Waals surface area contributed by atoms with Crippen LogP contribution >= 0.6 is 34.7 Å². The third-order valence-electron chi connectivity index (χ3n) is 3.08. The average Bonchev–Trinajstić information content (AvgIpc) is 3.11. The van der Waals surface area contributed by atoms with E-state index in [0.717, 1.165) is 32.2 Å². The molecule has 0 radical (unpaired) electrons. The third-order valence-corrected chi connectivity index (χ3v) is 5.57. The predicted molar refractivity (Wildman–Crippen MR) is 92.3 cm³/mol. The van der Waals surface area contributed by atoms with Crippen molar-refractivity contribution in [2.45, 2.75) is 17.0 Å². The topological polar surface area (TPSA) is 55.6 Å². The molecule has 0 saturated heterocycles. The van der Waals surface area contributed by atoms with Gasteiger partial charge in [-0.15, -0.1) is 10.2 Å². The Kier molecular flexibility index (Phi) is 4.66. The summed E-state index contributed by atoms with van der Waals surface area (Å²) >= 11 is 9.65. The summed E-state index contributed by atoms with van der Waals surface area (Å²) < 4.78 is 2.68. The first-order chi connectivity index (χ1) is 10.7. The maximum atomic E-state index is 6.51. The summed E-state index contributed by atoms with van der Waals surface area (Å²) in [5.74, 6) is 0.718. The third kappa shape index (κ3) is 3.11. The average molecular weight is 352 g/mol. The van der Waals surface area contributed by atoms with E-state index in [-0.39, 0.29) is 0 Å². The van der Waals surface area contributed by atoms with Gasteiger partial charge in [-0.3, -0.25) is 0 Å². The van der Waals surface area contributed by atoms with E-state index in [2.05, 4.69) is 20.6 Å². The van der Waals surface area contributed by atoms with Crippen molar-refractivity contribution in [2.24, 2.45) is 0 Å². The Bertz CT molecular complexity index is 769. The zero-order valence-electron chi connectivity index (χ0n) is 12.1. The van der Waals surface area contributed by atoms with Gasteiger partial charge >= 0.3 is 0 Å². The number of thioether (sulfide) groups is 1. The molecule has 8 heteroatoms. The van der Waals surface area contributed by atoms with Crippen molar-refractivity contribution in [3.05, 3.63) is 46.7 Å². The fourth-order valence-electron chi connectivity index (χ4n) is 1.94. The highest BCUT2D eigenvalue weighted by Gasteiger charge is 2.15. The second kappa shape index (κ2) is 6.68. The number of nitrogens with one attached hydrogen (secondary N) is 1. The number of aryl methyl sites for hydroxylation is 1. The summed E-state index contributed by atoms with van der Waals surface area (Å²) in [6.45, 7) is 1.97. The molecule has 0 saturated carbocycles. The molecule has 0 unspecified atom stereocenters. The van der Waals surface area contributed by atoms with Gasteiger partial charge < -0.3 is 5.32 Å². The van der Waals surface area contributed by atoms with Crippen molar-refractivity contribution in [1.29, 1.82) is 0 Å². The number of hydrogen-bond donors (Lipinski definition) is 1. The Labute approximate surface area is 141 Å². The molecular weight excluding hydrogens is 338 g/mol. The molecular formula is C14H14ClN5S2. The number of benzene rings is 1. The smallest absolute Gasteiger partial charge is 0.206 e. The Morgan fingerprint density at radius 2 is 2.05 bits per heavy atom. The molecule has 22 heavy (non-hydrogen) atoms. The lowest BCUT2D eigenvalue weighted by molar-refractivity contribution is 0.863. The first kappa shape index (κ1) is 15.3. The van der Waals surface area contributed by atoms with Gasteiger partial charge in [0.1, 0.15) is 5.15 Å². The van der Waals surface area contributed by atoms with Gasteiger partial charge in [0, 0.05) is 18.4 Å². The molecule has 2 aromatic heterocycles. The zero-order chi connectivity index (χ0) is 15.5. The minimum absolute atomic E-state index is 0.648. The van der Waals surface area contributed by atoms with Gasteiger partial charge in [-0.05, 0) is 19.1 Å². The minimum atomic E-state index is 0.648. The van der Waals surface area contributed by atoms with Crippen molar-refractivity contribution in [2.75, 3.05) is 12.4 Å². The van der Waals surface area contributed by atoms with Gasteiger partial charge in [-0.2, -0.15) is 5.10 Å². The Hall–Kier alpha value is -1.57. The van der Waals surface area contributed by atoms with Gasteiger partial charge in [0.15, 0.2) is 4.34 Å². The molecule has 0 aliphatic carbocycles. The predicted octanol–water partition coefficient (Wildman–Crippen LogP) is 4.02. The summed E-state index contributed by atoms with van der Waals surface area (Å²) in [6.07, 6.45) is 0. The lowest BCUT2D eigenvalue weighted by atomic mass is 10.3. The van der Waals surface area contributed by atoms with E-state index in [0.29, 0.717) is 5.15 Å². The van der Waals surface area contributed by atoms with Crippen LogP contribution in [0.3, 0.4) is 0 Å². The first-order valence-corrected chi connectivity index (χ1v) is 8.80. The molecule has 0 aliphatic heterocycles. The van der Waals surface area contributed by atoms with Crippen LogP contribution in [-0.4, -0.2) is 27.0 Å². The van der Waals surface area contributed by atoms with E-state index in [1.54, 1.807) is 16.4 Å². The second-order valence-corrected chi connectivity index (χ2v) is 7.07. The van der Waals surface area contributed by atoms with Crippen LogP contribution in [0.5, 0.6) is 0 Å². The molecule has 0 bridgehead atoms. The van der Waals surface area contributed by atoms with E-state index < -0.39 is 0 Å². The van der Waals surface area contributed by atoms with Gasteiger partial charge in [0.2, 0.25) is 5.13 Å². The molecule has 114 valence electrons. The van der Waals surface area contributed by atoms with Crippen LogP contribution < -0.4 is 5.32 Å². The van der Waals surface area contributed by atoms with E-state index in [9.17, 15) is 0 Å². The first-order valence-electron chi connectivity index (χ1n) is 6.62. The lowest BCUT2D eigenvalue weighted by Gasteiger charge is -2.02. The van der Waals surface area contributed by atoms with Crippen molar-refractivity contribution < 1.29 is 0 Å². The zero-order valence-corrected chi connectivity index (χ0v) is 14.5. The SMILES string of the molecule is CNc1nnc(SCc2c(C)nn(-c3ccccc3)c2Cl)s1. The van der Waals surface area contributed by atoms with E-state index in [4.69, 9.17) is 11.6 Å². The fraction of sp³-hybridized carbons (Fsp3) is 0.214. The summed E-state index contributed by atoms with van der Waals surface area (Å²) in [7, 11) is 1.83. The standard InChI is InChI=1S/C14H14ClN5S2/c1-9-11(8-21-14-18-17-13(16-2)22-14)12(15)20(19-9)10-6-4-3-5-7-10/h3-7H,8H2,1-2H3,(H,16,17). The van der Waals surface area contributed by atoms with Crippen LogP contribution in [-0.2, 0) is 5.75 Å². The number of nitrogens with zero attached hydrogens (tertiary/aromatic N) is 4. The van der Waals surface area contributed by atoms with Crippen LogP contribution in [0.15, 0.2) is 34.7 Å². The van der Waals surface area contributed by atoms with E-state index in [1.807, 2.05) is 44.3 Å². The molecule has 0 spiro atoms. The molecule has 5 nitrogen and oxygen atoms in total. The highest BCUT2D eigenvalue weighted by atomic mass is 35.5. The number of aromatic nitrogens is 4. The van der Waals surface area contributed by atoms with Crippen molar-refractivity contribution in [3.63, 3.8) is 0 Å². The molecule has 0 atom stereocenters. The monoisotopic (exact) mass is 351 g/mol. The normalized spacial score (nSPS) is 10.9. The molecule has 3 rings (SSSR count).